The Bertz CT molecular complexity index is 579. The second-order valence-corrected chi connectivity index (χ2v) is 5.19. The summed E-state index contributed by atoms with van der Waals surface area (Å²) in [5.41, 5.74) is 1.19. The molecule has 19 heavy (non-hydrogen) atoms. The zero-order chi connectivity index (χ0) is 13.8. The van der Waals surface area contributed by atoms with E-state index in [-0.39, 0.29) is 5.91 Å². The third kappa shape index (κ3) is 3.72. The number of halogens is 2. The maximum Gasteiger partial charge on any atom is 0.255 e. The van der Waals surface area contributed by atoms with E-state index in [0.29, 0.717) is 16.3 Å². The molecule has 0 aliphatic rings. The molecule has 0 spiro atoms. The normalized spacial score (nSPS) is 10.1. The molecule has 0 heterocycles. The Hall–Kier alpha value is -1.52. The summed E-state index contributed by atoms with van der Waals surface area (Å²) in [6.07, 6.45) is 0. The first-order valence-electron chi connectivity index (χ1n) is 5.50. The summed E-state index contributed by atoms with van der Waals surface area (Å²) in [5.74, 6) is 0.525. The number of hydrogen-bond acceptors (Lipinski definition) is 2. The second-order valence-electron chi connectivity index (χ2n) is 3.84. The van der Waals surface area contributed by atoms with Gasteiger partial charge in [0.1, 0.15) is 5.75 Å². The molecule has 0 saturated heterocycles. The van der Waals surface area contributed by atoms with E-state index in [1.807, 2.05) is 0 Å². The molecular formula is C14H11BrClNO2. The molecule has 98 valence electrons. The lowest BCUT2D eigenvalue weighted by atomic mass is 10.2. The lowest BCUT2D eigenvalue weighted by Crippen LogP contribution is -2.11. The molecule has 0 aliphatic heterocycles. The first-order chi connectivity index (χ1) is 9.08. The van der Waals surface area contributed by atoms with Crippen LogP contribution in [0, 0.1) is 0 Å². The van der Waals surface area contributed by atoms with Gasteiger partial charge in [0, 0.05) is 20.7 Å². The Kier molecular flexibility index (Phi) is 4.45. The molecule has 1 amide bonds. The molecule has 0 bridgehead atoms. The molecule has 3 nitrogen and oxygen atoms in total. The van der Waals surface area contributed by atoms with Gasteiger partial charge in [-0.05, 0) is 42.5 Å². The Morgan fingerprint density at radius 1 is 1.21 bits per heavy atom. The van der Waals surface area contributed by atoms with E-state index < -0.39 is 0 Å². The van der Waals surface area contributed by atoms with E-state index in [2.05, 4.69) is 21.2 Å². The topological polar surface area (TPSA) is 38.3 Å². The van der Waals surface area contributed by atoms with Crippen LogP contribution in [-0.2, 0) is 0 Å². The quantitative estimate of drug-likeness (QED) is 0.901. The van der Waals surface area contributed by atoms with Crippen molar-refractivity contribution in [2.75, 3.05) is 12.4 Å². The number of nitrogens with one attached hydrogen (secondary N) is 1. The van der Waals surface area contributed by atoms with Gasteiger partial charge in [-0.3, -0.25) is 4.79 Å². The summed E-state index contributed by atoms with van der Waals surface area (Å²) < 4.78 is 5.82. The number of anilines is 1. The molecule has 0 atom stereocenters. The van der Waals surface area contributed by atoms with Crippen molar-refractivity contribution in [3.8, 4) is 5.75 Å². The maximum atomic E-state index is 12.1. The molecule has 0 unspecified atom stereocenters. The zero-order valence-corrected chi connectivity index (χ0v) is 12.5. The van der Waals surface area contributed by atoms with Gasteiger partial charge in [-0.2, -0.15) is 0 Å². The van der Waals surface area contributed by atoms with Crippen LogP contribution in [0.5, 0.6) is 5.75 Å². The first kappa shape index (κ1) is 13.9. The Labute approximate surface area is 124 Å². The molecule has 2 aromatic carbocycles. The van der Waals surface area contributed by atoms with E-state index in [0.717, 1.165) is 10.2 Å². The average molecular weight is 341 g/mol. The fraction of sp³-hybridized carbons (Fsp3) is 0.0714. The number of carbonyl (C=O) groups is 1. The van der Waals surface area contributed by atoms with Gasteiger partial charge < -0.3 is 10.1 Å². The Balaban J connectivity index is 2.15. The average Bonchev–Trinajstić information content (AvgIpc) is 2.38. The predicted molar refractivity (Wildman–Crippen MR) is 80.1 cm³/mol. The molecule has 5 heteroatoms. The fourth-order valence-corrected chi connectivity index (χ4v) is 2.42. The van der Waals surface area contributed by atoms with Crippen LogP contribution in [-0.4, -0.2) is 13.0 Å². The van der Waals surface area contributed by atoms with Gasteiger partial charge in [-0.15, -0.1) is 0 Å². The molecule has 2 rings (SSSR count). The van der Waals surface area contributed by atoms with Crippen LogP contribution < -0.4 is 10.1 Å². The summed E-state index contributed by atoms with van der Waals surface area (Å²) in [4.78, 5) is 12.1. The second kappa shape index (κ2) is 6.08. The zero-order valence-electron chi connectivity index (χ0n) is 10.1. The molecule has 1 N–H and O–H groups in total. The molecule has 0 aromatic heterocycles. The molecule has 0 radical (unpaired) electrons. The van der Waals surface area contributed by atoms with Crippen molar-refractivity contribution < 1.29 is 9.53 Å². The number of rotatable bonds is 3. The van der Waals surface area contributed by atoms with Gasteiger partial charge in [0.25, 0.3) is 5.91 Å². The predicted octanol–water partition coefficient (Wildman–Crippen LogP) is 4.36. The van der Waals surface area contributed by atoms with Crippen LogP contribution >= 0.6 is 27.5 Å². The highest BCUT2D eigenvalue weighted by atomic mass is 79.9. The summed E-state index contributed by atoms with van der Waals surface area (Å²) in [6, 6.07) is 12.2. The minimum absolute atomic E-state index is 0.214. The van der Waals surface area contributed by atoms with E-state index >= 15 is 0 Å². The Morgan fingerprint density at radius 2 is 1.89 bits per heavy atom. The first-order valence-corrected chi connectivity index (χ1v) is 6.67. The van der Waals surface area contributed by atoms with Crippen molar-refractivity contribution in [1.82, 2.24) is 0 Å². The van der Waals surface area contributed by atoms with Crippen LogP contribution in [0.3, 0.4) is 0 Å². The number of hydrogen-bond donors (Lipinski definition) is 1. The van der Waals surface area contributed by atoms with Crippen molar-refractivity contribution in [1.29, 1.82) is 0 Å². The largest absolute Gasteiger partial charge is 0.497 e. The number of carbonyl (C=O) groups excluding carboxylic acids is 1. The lowest BCUT2D eigenvalue weighted by Gasteiger charge is -2.07. The van der Waals surface area contributed by atoms with Gasteiger partial charge in [-0.25, -0.2) is 0 Å². The highest BCUT2D eigenvalue weighted by Crippen LogP contribution is 2.21. The van der Waals surface area contributed by atoms with E-state index in [4.69, 9.17) is 16.3 Å². The van der Waals surface area contributed by atoms with Crippen molar-refractivity contribution in [3.05, 3.63) is 57.5 Å². The minimum Gasteiger partial charge on any atom is -0.497 e. The van der Waals surface area contributed by atoms with Crippen LogP contribution in [0.1, 0.15) is 10.4 Å². The van der Waals surface area contributed by atoms with E-state index in [9.17, 15) is 4.79 Å². The molecule has 2 aromatic rings. The van der Waals surface area contributed by atoms with E-state index in [1.165, 1.54) is 0 Å². The minimum atomic E-state index is -0.214. The van der Waals surface area contributed by atoms with Crippen molar-refractivity contribution in [2.45, 2.75) is 0 Å². The van der Waals surface area contributed by atoms with Crippen molar-refractivity contribution in [3.63, 3.8) is 0 Å². The highest BCUT2D eigenvalue weighted by molar-refractivity contribution is 9.10. The van der Waals surface area contributed by atoms with Gasteiger partial charge in [0.05, 0.1) is 7.11 Å². The van der Waals surface area contributed by atoms with E-state index in [1.54, 1.807) is 49.6 Å². The van der Waals surface area contributed by atoms with Crippen LogP contribution in [0.15, 0.2) is 46.9 Å². The molecule has 0 aliphatic carbocycles. The third-order valence-corrected chi connectivity index (χ3v) is 3.15. The smallest absolute Gasteiger partial charge is 0.255 e. The number of amides is 1. The third-order valence-electron chi connectivity index (χ3n) is 2.47. The van der Waals surface area contributed by atoms with Gasteiger partial charge in [0.2, 0.25) is 0 Å². The number of benzene rings is 2. The Morgan fingerprint density at radius 3 is 2.47 bits per heavy atom. The molecule has 0 saturated carbocycles. The number of methoxy groups -OCH3 is 1. The highest BCUT2D eigenvalue weighted by Gasteiger charge is 2.08. The van der Waals surface area contributed by atoms with Gasteiger partial charge in [-0.1, -0.05) is 27.5 Å². The molecule has 0 fully saturated rings. The molecular weight excluding hydrogens is 330 g/mol. The summed E-state index contributed by atoms with van der Waals surface area (Å²) in [6.45, 7) is 0. The van der Waals surface area contributed by atoms with Crippen LogP contribution in [0.25, 0.3) is 0 Å². The monoisotopic (exact) mass is 339 g/mol. The van der Waals surface area contributed by atoms with Crippen molar-refractivity contribution in [2.24, 2.45) is 0 Å². The summed E-state index contributed by atoms with van der Waals surface area (Å²) in [7, 11) is 1.59. The SMILES string of the molecule is COc1ccc(NC(=O)c2cc(Cl)cc(Br)c2)cc1. The standard InChI is InChI=1S/C14H11BrClNO2/c1-19-13-4-2-12(3-5-13)17-14(18)9-6-10(15)8-11(16)7-9/h2-8H,1H3,(H,17,18). The number of ether oxygens (including phenoxy) is 1. The van der Waals surface area contributed by atoms with Crippen molar-refractivity contribution >= 4 is 39.1 Å². The maximum absolute atomic E-state index is 12.1. The lowest BCUT2D eigenvalue weighted by molar-refractivity contribution is 0.102. The van der Waals surface area contributed by atoms with Gasteiger partial charge >= 0.3 is 0 Å². The summed E-state index contributed by atoms with van der Waals surface area (Å²) in [5, 5.41) is 3.30. The van der Waals surface area contributed by atoms with Gasteiger partial charge in [0.15, 0.2) is 0 Å². The van der Waals surface area contributed by atoms with Crippen LogP contribution in [0.4, 0.5) is 5.69 Å². The fourth-order valence-electron chi connectivity index (χ4n) is 1.56. The summed E-state index contributed by atoms with van der Waals surface area (Å²) >= 11 is 9.21. The van der Waals surface area contributed by atoms with Crippen LogP contribution in [0.2, 0.25) is 5.02 Å².